The average Bonchev–Trinajstić information content (AvgIpc) is 2.44. The molecule has 0 aliphatic heterocycles. The van der Waals surface area contributed by atoms with Crippen LogP contribution >= 0.6 is 11.6 Å². The molecule has 2 rings (SSSR count). The van der Waals surface area contributed by atoms with Crippen LogP contribution in [0.5, 0.6) is 5.75 Å². The number of nitrogen functional groups attached to an aromatic ring is 1. The maximum absolute atomic E-state index is 12.2. The zero-order valence-corrected chi connectivity index (χ0v) is 12.0. The van der Waals surface area contributed by atoms with Crippen LogP contribution in [0.2, 0.25) is 5.02 Å². The predicted molar refractivity (Wildman–Crippen MR) is 81.5 cm³/mol. The number of carbonyl (C=O) groups excluding carboxylic acids is 1. The van der Waals surface area contributed by atoms with E-state index in [0.29, 0.717) is 27.7 Å². The van der Waals surface area contributed by atoms with Crippen LogP contribution in [0.1, 0.15) is 15.9 Å². The Kier molecular flexibility index (Phi) is 4.15. The van der Waals surface area contributed by atoms with Gasteiger partial charge in [-0.15, -0.1) is 0 Å². The van der Waals surface area contributed by atoms with Gasteiger partial charge in [-0.2, -0.15) is 0 Å². The summed E-state index contributed by atoms with van der Waals surface area (Å²) >= 11 is 6.13. The summed E-state index contributed by atoms with van der Waals surface area (Å²) in [6, 6.07) is 10.4. The molecule has 0 bridgehead atoms. The first-order chi connectivity index (χ1) is 9.52. The van der Waals surface area contributed by atoms with Crippen molar-refractivity contribution < 1.29 is 9.53 Å². The first kappa shape index (κ1) is 14.2. The number of aryl methyl sites for hydroxylation is 1. The third-order valence-corrected chi connectivity index (χ3v) is 3.45. The average molecular weight is 291 g/mol. The summed E-state index contributed by atoms with van der Waals surface area (Å²) in [5.41, 5.74) is 8.08. The van der Waals surface area contributed by atoms with E-state index in [2.05, 4.69) is 5.32 Å². The third-order valence-electron chi connectivity index (χ3n) is 2.94. The Hall–Kier alpha value is -2.20. The molecular weight excluding hydrogens is 276 g/mol. The number of benzene rings is 2. The summed E-state index contributed by atoms with van der Waals surface area (Å²) in [5, 5.41) is 3.18. The van der Waals surface area contributed by atoms with Crippen LogP contribution in [-0.2, 0) is 0 Å². The van der Waals surface area contributed by atoms with Crippen molar-refractivity contribution in [2.45, 2.75) is 6.92 Å². The van der Waals surface area contributed by atoms with Gasteiger partial charge in [0.2, 0.25) is 0 Å². The second-order valence-electron chi connectivity index (χ2n) is 4.34. The van der Waals surface area contributed by atoms with E-state index >= 15 is 0 Å². The van der Waals surface area contributed by atoms with Crippen LogP contribution < -0.4 is 15.8 Å². The van der Waals surface area contributed by atoms with E-state index < -0.39 is 0 Å². The van der Waals surface area contributed by atoms with Gasteiger partial charge in [-0.1, -0.05) is 23.7 Å². The zero-order chi connectivity index (χ0) is 14.7. The zero-order valence-electron chi connectivity index (χ0n) is 11.2. The van der Waals surface area contributed by atoms with Gasteiger partial charge in [0.1, 0.15) is 5.75 Å². The van der Waals surface area contributed by atoms with Crippen LogP contribution in [0.15, 0.2) is 36.4 Å². The highest BCUT2D eigenvalue weighted by atomic mass is 35.5. The highest BCUT2D eigenvalue weighted by Gasteiger charge is 2.13. The van der Waals surface area contributed by atoms with E-state index in [0.717, 1.165) is 5.56 Å². The Morgan fingerprint density at radius 2 is 2.05 bits per heavy atom. The van der Waals surface area contributed by atoms with Crippen molar-refractivity contribution in [3.63, 3.8) is 0 Å². The van der Waals surface area contributed by atoms with Gasteiger partial charge in [0.25, 0.3) is 5.91 Å². The first-order valence-electron chi connectivity index (χ1n) is 6.03. The SMILES string of the molecule is COc1ccc(NC(=O)c2cccc(C)c2Cl)c(N)c1. The summed E-state index contributed by atoms with van der Waals surface area (Å²) in [5.74, 6) is 0.338. The molecule has 0 aliphatic carbocycles. The smallest absolute Gasteiger partial charge is 0.257 e. The molecule has 0 atom stereocenters. The van der Waals surface area contributed by atoms with Gasteiger partial charge in [0.05, 0.1) is 29.1 Å². The van der Waals surface area contributed by atoms with E-state index in [9.17, 15) is 4.79 Å². The fourth-order valence-corrected chi connectivity index (χ4v) is 2.01. The molecule has 2 aromatic rings. The van der Waals surface area contributed by atoms with E-state index in [1.807, 2.05) is 13.0 Å². The molecule has 0 fully saturated rings. The number of halogens is 1. The van der Waals surface area contributed by atoms with Crippen molar-refractivity contribution >= 4 is 28.9 Å². The highest BCUT2D eigenvalue weighted by Crippen LogP contribution is 2.26. The number of carbonyl (C=O) groups is 1. The standard InChI is InChI=1S/C15H15ClN2O2/c1-9-4-3-5-11(14(9)16)15(19)18-13-7-6-10(20-2)8-12(13)17/h3-8H,17H2,1-2H3,(H,18,19). The van der Waals surface area contributed by atoms with Crippen LogP contribution in [0.3, 0.4) is 0 Å². The van der Waals surface area contributed by atoms with Crippen molar-refractivity contribution in [1.82, 2.24) is 0 Å². The predicted octanol–water partition coefficient (Wildman–Crippen LogP) is 3.49. The van der Waals surface area contributed by atoms with E-state index in [1.54, 1.807) is 37.4 Å². The van der Waals surface area contributed by atoms with Crippen LogP contribution in [0.25, 0.3) is 0 Å². The van der Waals surface area contributed by atoms with Crippen LogP contribution in [0, 0.1) is 6.92 Å². The Morgan fingerprint density at radius 3 is 2.70 bits per heavy atom. The van der Waals surface area contributed by atoms with Gasteiger partial charge in [-0.3, -0.25) is 4.79 Å². The summed E-state index contributed by atoms with van der Waals surface area (Å²) in [7, 11) is 1.56. The molecule has 20 heavy (non-hydrogen) atoms. The number of anilines is 2. The summed E-state index contributed by atoms with van der Waals surface area (Å²) in [6.07, 6.45) is 0. The molecule has 3 N–H and O–H groups in total. The van der Waals surface area contributed by atoms with Crippen LogP contribution in [-0.4, -0.2) is 13.0 Å². The minimum atomic E-state index is -0.296. The van der Waals surface area contributed by atoms with Crippen molar-refractivity contribution in [2.24, 2.45) is 0 Å². The summed E-state index contributed by atoms with van der Waals surface area (Å²) in [4.78, 5) is 12.2. The third kappa shape index (κ3) is 2.86. The van der Waals surface area contributed by atoms with Crippen molar-refractivity contribution in [2.75, 3.05) is 18.2 Å². The molecule has 0 spiro atoms. The maximum Gasteiger partial charge on any atom is 0.257 e. The van der Waals surface area contributed by atoms with Crippen molar-refractivity contribution in [1.29, 1.82) is 0 Å². The fourth-order valence-electron chi connectivity index (χ4n) is 1.79. The second kappa shape index (κ2) is 5.84. The monoisotopic (exact) mass is 290 g/mol. The lowest BCUT2D eigenvalue weighted by Crippen LogP contribution is -2.14. The number of hydrogen-bond acceptors (Lipinski definition) is 3. The van der Waals surface area contributed by atoms with Gasteiger partial charge in [0.15, 0.2) is 0 Å². The number of nitrogens with one attached hydrogen (secondary N) is 1. The largest absolute Gasteiger partial charge is 0.497 e. The Balaban J connectivity index is 2.26. The second-order valence-corrected chi connectivity index (χ2v) is 4.72. The molecule has 5 heteroatoms. The van der Waals surface area contributed by atoms with Crippen LogP contribution in [0.4, 0.5) is 11.4 Å². The lowest BCUT2D eigenvalue weighted by molar-refractivity contribution is 0.102. The minimum Gasteiger partial charge on any atom is -0.497 e. The van der Waals surface area contributed by atoms with Gasteiger partial charge in [-0.05, 0) is 30.7 Å². The first-order valence-corrected chi connectivity index (χ1v) is 6.40. The number of amides is 1. The van der Waals surface area contributed by atoms with Gasteiger partial charge in [0, 0.05) is 6.07 Å². The highest BCUT2D eigenvalue weighted by molar-refractivity contribution is 6.35. The number of rotatable bonds is 3. The Bertz CT molecular complexity index is 656. The van der Waals surface area contributed by atoms with Gasteiger partial charge in [-0.25, -0.2) is 0 Å². The molecule has 0 saturated carbocycles. The molecule has 0 heterocycles. The van der Waals surface area contributed by atoms with Gasteiger partial charge < -0.3 is 15.8 Å². The molecule has 4 nitrogen and oxygen atoms in total. The molecule has 2 aromatic carbocycles. The molecule has 0 aliphatic rings. The molecule has 0 aromatic heterocycles. The topological polar surface area (TPSA) is 64.3 Å². The molecule has 1 amide bonds. The Labute approximate surface area is 122 Å². The normalized spacial score (nSPS) is 10.2. The van der Waals surface area contributed by atoms with E-state index in [1.165, 1.54) is 0 Å². The van der Waals surface area contributed by atoms with E-state index in [-0.39, 0.29) is 5.91 Å². The number of nitrogens with two attached hydrogens (primary N) is 1. The summed E-state index contributed by atoms with van der Waals surface area (Å²) < 4.78 is 5.06. The van der Waals surface area contributed by atoms with Crippen molar-refractivity contribution in [3.05, 3.63) is 52.5 Å². The fraction of sp³-hybridized carbons (Fsp3) is 0.133. The lowest BCUT2D eigenvalue weighted by atomic mass is 10.1. The number of ether oxygens (including phenoxy) is 1. The number of methoxy groups -OCH3 is 1. The molecule has 0 saturated heterocycles. The quantitative estimate of drug-likeness (QED) is 0.851. The summed E-state index contributed by atoms with van der Waals surface area (Å²) in [6.45, 7) is 1.85. The molecule has 104 valence electrons. The van der Waals surface area contributed by atoms with Crippen molar-refractivity contribution in [3.8, 4) is 5.75 Å². The van der Waals surface area contributed by atoms with E-state index in [4.69, 9.17) is 22.1 Å². The van der Waals surface area contributed by atoms with Gasteiger partial charge >= 0.3 is 0 Å². The Morgan fingerprint density at radius 1 is 1.30 bits per heavy atom. The minimum absolute atomic E-state index is 0.296. The molecule has 0 unspecified atom stereocenters. The molecule has 0 radical (unpaired) electrons. The lowest BCUT2D eigenvalue weighted by Gasteiger charge is -2.11. The maximum atomic E-state index is 12.2. The molecular formula is C15H15ClN2O2. The number of hydrogen-bond donors (Lipinski definition) is 2.